The summed E-state index contributed by atoms with van der Waals surface area (Å²) < 4.78 is 39.1. The molecule has 1 atom stereocenters. The van der Waals surface area contributed by atoms with Crippen molar-refractivity contribution < 1.29 is 23.0 Å². The van der Waals surface area contributed by atoms with E-state index in [2.05, 4.69) is 0 Å². The van der Waals surface area contributed by atoms with Gasteiger partial charge in [-0.1, -0.05) is 23.7 Å². The lowest BCUT2D eigenvalue weighted by molar-refractivity contribution is 0.0856. The van der Waals surface area contributed by atoms with E-state index in [0.717, 1.165) is 22.2 Å². The summed E-state index contributed by atoms with van der Waals surface area (Å²) in [7, 11) is 1.59. The fraction of sp³-hybridized carbons (Fsp3) is 0.357. The molecule has 1 unspecified atom stereocenters. The molecule has 1 aliphatic rings. The van der Waals surface area contributed by atoms with E-state index in [9.17, 15) is 13.6 Å². The van der Waals surface area contributed by atoms with Crippen molar-refractivity contribution in [3.05, 3.63) is 65.5 Å². The first kappa shape index (κ1) is 27.6. The quantitative estimate of drug-likeness (QED) is 0.251. The van der Waals surface area contributed by atoms with Gasteiger partial charge in [0.2, 0.25) is 0 Å². The fourth-order valence-electron chi connectivity index (χ4n) is 4.85. The van der Waals surface area contributed by atoms with E-state index in [-0.39, 0.29) is 30.7 Å². The Bertz CT molecular complexity index is 1350. The van der Waals surface area contributed by atoms with E-state index in [4.69, 9.17) is 32.2 Å². The number of hydrogen-bond donors (Lipinski definition) is 2. The number of Topliss-reactive ketones (excluding diaryl/α,β-unsaturated/α-hetero) is 1. The van der Waals surface area contributed by atoms with Crippen LogP contribution in [0.2, 0.25) is 0 Å². The second-order valence-electron chi connectivity index (χ2n) is 9.13. The van der Waals surface area contributed by atoms with Crippen molar-refractivity contribution in [1.82, 2.24) is 9.47 Å². The number of halogens is 3. The molecule has 1 aliphatic heterocycles. The molecule has 2 aromatic carbocycles. The number of ketones is 1. The van der Waals surface area contributed by atoms with Gasteiger partial charge in [0.05, 0.1) is 19.6 Å². The number of fused-ring (bicyclic) bond motifs is 2. The topological polar surface area (TPSA) is 93.6 Å². The van der Waals surface area contributed by atoms with E-state index >= 15 is 0 Å². The highest BCUT2D eigenvalue weighted by Gasteiger charge is 2.29. The number of nitrogens with two attached hydrogens (primary N) is 1. The van der Waals surface area contributed by atoms with Crippen molar-refractivity contribution >= 4 is 39.0 Å². The largest absolute Gasteiger partial charge is 0.497 e. The highest BCUT2D eigenvalue weighted by molar-refractivity contribution is 6.75. The molecule has 1 aromatic heterocycles. The van der Waals surface area contributed by atoms with E-state index in [1.807, 2.05) is 34.9 Å². The zero-order chi connectivity index (χ0) is 27.2. The third-order valence-corrected chi connectivity index (χ3v) is 7.07. The van der Waals surface area contributed by atoms with Crippen molar-refractivity contribution in [3.8, 4) is 11.5 Å². The van der Waals surface area contributed by atoms with Crippen LogP contribution in [-0.2, 0) is 13.0 Å². The number of alkyl halides is 2. The lowest BCUT2D eigenvalue weighted by atomic mass is 9.89. The van der Waals surface area contributed by atoms with Crippen molar-refractivity contribution in [2.24, 2.45) is 11.7 Å². The molecular formula is C28H31ClF2N4O3. The van der Waals surface area contributed by atoms with Crippen LogP contribution in [-0.4, -0.2) is 67.1 Å². The predicted molar refractivity (Wildman–Crippen MR) is 146 cm³/mol. The average Bonchev–Trinajstić information content (AvgIpc) is 3.29. The maximum Gasteiger partial charge on any atom is 0.171 e. The van der Waals surface area contributed by atoms with Crippen LogP contribution >= 0.6 is 11.6 Å². The van der Waals surface area contributed by atoms with Crippen molar-refractivity contribution in [1.29, 1.82) is 5.41 Å². The summed E-state index contributed by atoms with van der Waals surface area (Å²) >= 11 is 5.94. The maximum absolute atomic E-state index is 13.8. The van der Waals surface area contributed by atoms with Crippen LogP contribution in [0.25, 0.3) is 16.5 Å². The van der Waals surface area contributed by atoms with E-state index in [0.29, 0.717) is 42.0 Å². The summed E-state index contributed by atoms with van der Waals surface area (Å²) in [5.74, 6) is 0.995. The molecule has 0 saturated carbocycles. The second-order valence-corrected chi connectivity index (χ2v) is 9.51. The van der Waals surface area contributed by atoms with Crippen LogP contribution in [0.3, 0.4) is 0 Å². The van der Waals surface area contributed by atoms with Gasteiger partial charge in [0.25, 0.3) is 0 Å². The normalized spacial score (nSPS) is 15.4. The van der Waals surface area contributed by atoms with Crippen LogP contribution in [0.1, 0.15) is 21.5 Å². The lowest BCUT2D eigenvalue weighted by Crippen LogP contribution is -2.31. The van der Waals surface area contributed by atoms with Gasteiger partial charge in [0.1, 0.15) is 30.0 Å². The number of methoxy groups -OCH3 is 1. The summed E-state index contributed by atoms with van der Waals surface area (Å²) in [6, 6.07) is 11.0. The van der Waals surface area contributed by atoms with Crippen LogP contribution in [0.5, 0.6) is 11.5 Å². The van der Waals surface area contributed by atoms with Crippen molar-refractivity contribution in [3.63, 3.8) is 0 Å². The number of ether oxygens (including phenoxy) is 2. The number of carbonyl (C=O) groups is 1. The molecule has 0 radical (unpaired) electrons. The molecule has 0 aliphatic carbocycles. The Labute approximate surface area is 225 Å². The predicted octanol–water partition coefficient (Wildman–Crippen LogP) is 4.84. The summed E-state index contributed by atoms with van der Waals surface area (Å²) in [6.45, 7) is 0.187. The Kier molecular flexibility index (Phi) is 9.01. The number of rotatable bonds is 12. The van der Waals surface area contributed by atoms with Gasteiger partial charge in [0, 0.05) is 60.6 Å². The lowest BCUT2D eigenvalue weighted by Gasteiger charge is -2.24. The van der Waals surface area contributed by atoms with Gasteiger partial charge in [0.15, 0.2) is 5.78 Å². The zero-order valence-electron chi connectivity index (χ0n) is 21.2. The van der Waals surface area contributed by atoms with Crippen LogP contribution in [0, 0.1) is 11.3 Å². The Balaban J connectivity index is 1.70. The van der Waals surface area contributed by atoms with Gasteiger partial charge >= 0.3 is 0 Å². The molecule has 3 aromatic rings. The first-order valence-corrected chi connectivity index (χ1v) is 12.8. The first-order chi connectivity index (χ1) is 18.4. The molecule has 202 valence electrons. The molecule has 7 nitrogen and oxygen atoms in total. The molecule has 0 bridgehead atoms. The smallest absolute Gasteiger partial charge is 0.171 e. The van der Waals surface area contributed by atoms with Gasteiger partial charge in [-0.3, -0.25) is 15.1 Å². The SMILES string of the molecule is COc1ccc2c(c1)CC(C(=O)c1cn(CCN(CCF)CCF)c3cc(/C(=C/N)C(=N)Cl)ccc13)CO2. The number of hydrogen-bond acceptors (Lipinski definition) is 6. The molecule has 38 heavy (non-hydrogen) atoms. The Hall–Kier alpha value is -3.43. The van der Waals surface area contributed by atoms with Gasteiger partial charge in [-0.25, -0.2) is 8.78 Å². The molecule has 10 heteroatoms. The number of allylic oxidation sites excluding steroid dienone is 1. The molecule has 0 saturated heterocycles. The van der Waals surface area contributed by atoms with E-state index in [1.165, 1.54) is 6.20 Å². The Morgan fingerprint density at radius 3 is 2.66 bits per heavy atom. The second kappa shape index (κ2) is 12.4. The Morgan fingerprint density at radius 2 is 2.00 bits per heavy atom. The van der Waals surface area contributed by atoms with Crippen LogP contribution in [0.4, 0.5) is 8.78 Å². The molecule has 4 rings (SSSR count). The van der Waals surface area contributed by atoms with E-state index < -0.39 is 19.3 Å². The zero-order valence-corrected chi connectivity index (χ0v) is 21.9. The van der Waals surface area contributed by atoms with Gasteiger partial charge in [-0.05, 0) is 41.8 Å². The van der Waals surface area contributed by atoms with Gasteiger partial charge in [-0.2, -0.15) is 0 Å². The summed E-state index contributed by atoms with van der Waals surface area (Å²) in [4.78, 5) is 15.5. The third kappa shape index (κ3) is 5.84. The monoisotopic (exact) mass is 544 g/mol. The Morgan fingerprint density at radius 1 is 1.24 bits per heavy atom. The number of benzene rings is 2. The summed E-state index contributed by atoms with van der Waals surface area (Å²) in [5, 5.41) is 8.36. The molecule has 3 N–H and O–H groups in total. The highest BCUT2D eigenvalue weighted by atomic mass is 35.5. The molecule has 0 amide bonds. The summed E-state index contributed by atoms with van der Waals surface area (Å²) in [5.41, 5.74) is 8.88. The molecular weight excluding hydrogens is 514 g/mol. The molecule has 0 spiro atoms. The highest BCUT2D eigenvalue weighted by Crippen LogP contribution is 2.34. The minimum atomic E-state index is -0.573. The number of aromatic nitrogens is 1. The average molecular weight is 545 g/mol. The first-order valence-electron chi connectivity index (χ1n) is 12.4. The van der Waals surface area contributed by atoms with E-state index in [1.54, 1.807) is 24.3 Å². The van der Waals surface area contributed by atoms with Gasteiger partial charge < -0.3 is 19.8 Å². The summed E-state index contributed by atoms with van der Waals surface area (Å²) in [6.07, 6.45) is 3.57. The van der Waals surface area contributed by atoms with Crippen molar-refractivity contribution in [2.75, 3.05) is 46.7 Å². The third-order valence-electron chi connectivity index (χ3n) is 6.87. The number of nitrogens with one attached hydrogen (secondary N) is 1. The minimum absolute atomic E-state index is 0.0565. The fourth-order valence-corrected chi connectivity index (χ4v) is 5.02. The molecule has 2 heterocycles. The van der Waals surface area contributed by atoms with Crippen LogP contribution in [0.15, 0.2) is 48.8 Å². The van der Waals surface area contributed by atoms with Gasteiger partial charge in [-0.15, -0.1) is 0 Å². The minimum Gasteiger partial charge on any atom is -0.497 e. The number of carbonyl (C=O) groups excluding carboxylic acids is 1. The number of nitrogens with zero attached hydrogens (tertiary/aromatic N) is 2. The van der Waals surface area contributed by atoms with Crippen LogP contribution < -0.4 is 15.2 Å². The molecule has 0 fully saturated rings. The standard InChI is InChI=1S/C28H31ClF2N4O3/c1-37-21-3-5-26-19(13-21)12-20(17-38-26)27(36)24-16-35(11-10-34(8-6-30)9-7-31)25-14-18(2-4-22(24)25)23(15-32)28(29)33/h2-5,13-16,20,33H,6-12,17,32H2,1H3/b23-15-,33-28?. The maximum atomic E-state index is 13.8. The van der Waals surface area contributed by atoms with Crippen molar-refractivity contribution in [2.45, 2.75) is 13.0 Å².